The Morgan fingerprint density at radius 3 is 2.34 bits per heavy atom. The van der Waals surface area contributed by atoms with E-state index in [1.807, 2.05) is 39.0 Å². The Hall–Kier alpha value is -4.97. The molecule has 9 heteroatoms. The van der Waals surface area contributed by atoms with E-state index in [1.54, 1.807) is 49.8 Å². The van der Waals surface area contributed by atoms with Gasteiger partial charge in [-0.3, -0.25) is 24.5 Å². The second-order valence-corrected chi connectivity index (χ2v) is 8.89. The average Bonchev–Trinajstić information content (AvgIpc) is 2.93. The van der Waals surface area contributed by atoms with Gasteiger partial charge in [-0.2, -0.15) is 5.26 Å². The van der Waals surface area contributed by atoms with E-state index in [9.17, 15) is 10.1 Å². The molecular formula is C29H27FN6O2. The summed E-state index contributed by atoms with van der Waals surface area (Å²) in [4.78, 5) is 33.6. The van der Waals surface area contributed by atoms with E-state index in [4.69, 9.17) is 4.79 Å². The van der Waals surface area contributed by atoms with Crippen LogP contribution in [0.4, 0.5) is 4.39 Å². The number of nitriles is 1. The molecule has 8 nitrogen and oxygen atoms in total. The van der Waals surface area contributed by atoms with Crippen LogP contribution in [0.5, 0.6) is 0 Å². The lowest BCUT2D eigenvalue weighted by Crippen LogP contribution is -2.19. The summed E-state index contributed by atoms with van der Waals surface area (Å²) in [7, 11) is 1.54. The predicted octanol–water partition coefficient (Wildman–Crippen LogP) is 4.58. The molecule has 2 amide bonds. The van der Waals surface area contributed by atoms with Crippen LogP contribution >= 0.6 is 0 Å². The molecule has 0 atom stereocenters. The Morgan fingerprint density at radius 1 is 1.00 bits per heavy atom. The number of aromatic nitrogens is 3. The smallest absolute Gasteiger partial charge is 0.269 e. The van der Waals surface area contributed by atoms with Crippen LogP contribution in [0.25, 0.3) is 33.5 Å². The lowest BCUT2D eigenvalue weighted by Gasteiger charge is -2.16. The van der Waals surface area contributed by atoms with E-state index in [0.29, 0.717) is 33.8 Å². The molecule has 0 fully saturated rings. The van der Waals surface area contributed by atoms with E-state index >= 15 is 4.39 Å². The zero-order chi connectivity index (χ0) is 27.9. The number of carbonyl (C=O) groups is 2. The number of amides is 2. The summed E-state index contributed by atoms with van der Waals surface area (Å²) in [5.41, 5.74) is 9.11. The minimum absolute atomic E-state index is 0.250. The summed E-state index contributed by atoms with van der Waals surface area (Å²) in [6.07, 6.45) is 3.46. The van der Waals surface area contributed by atoms with Gasteiger partial charge in [-0.15, -0.1) is 0 Å². The average molecular weight is 511 g/mol. The number of nitrogens with one attached hydrogen (secondary N) is 1. The van der Waals surface area contributed by atoms with Crippen LogP contribution in [-0.2, 0) is 10.2 Å². The van der Waals surface area contributed by atoms with Gasteiger partial charge in [0.15, 0.2) is 0 Å². The molecule has 0 aliphatic carbocycles. The lowest BCUT2D eigenvalue weighted by atomic mass is 9.89. The van der Waals surface area contributed by atoms with Crippen molar-refractivity contribution in [3.63, 3.8) is 0 Å². The molecule has 0 spiro atoms. The van der Waals surface area contributed by atoms with Gasteiger partial charge in [0.05, 0.1) is 22.9 Å². The quantitative estimate of drug-likeness (QED) is 0.377. The number of halogens is 1. The Labute approximate surface area is 220 Å². The first-order valence-electron chi connectivity index (χ1n) is 11.6. The molecular weight excluding hydrogens is 483 g/mol. The van der Waals surface area contributed by atoms with Crippen LogP contribution in [0.2, 0.25) is 0 Å². The maximum absolute atomic E-state index is 15.0. The van der Waals surface area contributed by atoms with Gasteiger partial charge in [0.25, 0.3) is 5.91 Å². The van der Waals surface area contributed by atoms with Crippen molar-refractivity contribution < 1.29 is 14.0 Å². The molecule has 38 heavy (non-hydrogen) atoms. The van der Waals surface area contributed by atoms with Crippen molar-refractivity contribution >= 4 is 12.3 Å². The summed E-state index contributed by atoms with van der Waals surface area (Å²) in [5.74, 6) is -0.660. The predicted molar refractivity (Wildman–Crippen MR) is 143 cm³/mol. The van der Waals surface area contributed by atoms with E-state index in [1.165, 1.54) is 6.07 Å². The fraction of sp³-hybridized carbons (Fsp3) is 0.172. The van der Waals surface area contributed by atoms with Gasteiger partial charge >= 0.3 is 0 Å². The third kappa shape index (κ3) is 6.23. The van der Waals surface area contributed by atoms with Crippen LogP contribution in [0, 0.1) is 24.1 Å². The number of benzene rings is 1. The molecule has 0 aliphatic heterocycles. The largest absolute Gasteiger partial charge is 0.372 e. The Balaban J connectivity index is 0.00000127. The molecule has 3 aromatic heterocycles. The molecule has 3 N–H and O–H groups in total. The Kier molecular flexibility index (Phi) is 8.61. The molecule has 3 heterocycles. The zero-order valence-electron chi connectivity index (χ0n) is 21.5. The van der Waals surface area contributed by atoms with Gasteiger partial charge in [-0.1, -0.05) is 6.07 Å². The standard InChI is InChI=1S/C28H24FN5O.CH3NO/c1-17-11-21(14-24(34-17)20-8-9-32-25(13-20)27(35)31-4)22-12-18(5-6-23(22)29)19-7-10-33-26(15-19)28(2,3)16-30;2-1-3/h5-15H,1-4H3,(H,31,35);1H,(H2,2,3). The van der Waals surface area contributed by atoms with Crippen molar-refractivity contribution in [3.05, 3.63) is 89.9 Å². The second kappa shape index (κ2) is 11.8. The first kappa shape index (κ1) is 27.6. The van der Waals surface area contributed by atoms with E-state index in [0.717, 1.165) is 11.1 Å². The fourth-order valence-electron chi connectivity index (χ4n) is 3.75. The highest BCUT2D eigenvalue weighted by Crippen LogP contribution is 2.33. The molecule has 0 radical (unpaired) electrons. The number of rotatable bonds is 5. The van der Waals surface area contributed by atoms with Crippen molar-refractivity contribution in [2.75, 3.05) is 7.05 Å². The van der Waals surface area contributed by atoms with Gasteiger partial charge in [0, 0.05) is 36.3 Å². The third-order valence-corrected chi connectivity index (χ3v) is 5.76. The van der Waals surface area contributed by atoms with Crippen LogP contribution in [0.3, 0.4) is 0 Å². The number of pyridine rings is 3. The number of aryl methyl sites for hydroxylation is 1. The maximum atomic E-state index is 15.0. The van der Waals surface area contributed by atoms with Gasteiger partial charge in [0.1, 0.15) is 11.5 Å². The molecule has 192 valence electrons. The first-order valence-corrected chi connectivity index (χ1v) is 11.6. The maximum Gasteiger partial charge on any atom is 0.269 e. The fourth-order valence-corrected chi connectivity index (χ4v) is 3.75. The van der Waals surface area contributed by atoms with Crippen molar-refractivity contribution in [2.45, 2.75) is 26.2 Å². The summed E-state index contributed by atoms with van der Waals surface area (Å²) in [5, 5.41) is 12.0. The van der Waals surface area contributed by atoms with Gasteiger partial charge in [-0.05, 0) is 86.0 Å². The number of hydrogen-bond donors (Lipinski definition) is 2. The molecule has 1 aromatic carbocycles. The van der Waals surface area contributed by atoms with Gasteiger partial charge < -0.3 is 11.1 Å². The minimum atomic E-state index is -0.742. The van der Waals surface area contributed by atoms with E-state index in [2.05, 4.69) is 32.1 Å². The molecule has 4 rings (SSSR count). The lowest BCUT2D eigenvalue weighted by molar-refractivity contribution is -0.106. The number of hydrogen-bond acceptors (Lipinski definition) is 6. The summed E-state index contributed by atoms with van der Waals surface area (Å²) >= 11 is 0. The van der Waals surface area contributed by atoms with Crippen LogP contribution < -0.4 is 11.1 Å². The SMILES string of the molecule is CNC(=O)c1cc(-c2cc(-c3cc(-c4ccnc(C(C)(C)C#N)c4)ccc3F)cc(C)n2)ccn1.NC=O. The van der Waals surface area contributed by atoms with Crippen molar-refractivity contribution in [1.82, 2.24) is 20.3 Å². The summed E-state index contributed by atoms with van der Waals surface area (Å²) < 4.78 is 15.0. The normalized spacial score (nSPS) is 10.5. The topological polar surface area (TPSA) is 135 Å². The monoisotopic (exact) mass is 510 g/mol. The Bertz CT molecular complexity index is 1530. The molecule has 0 saturated heterocycles. The summed E-state index contributed by atoms with van der Waals surface area (Å²) in [6.45, 7) is 5.46. The number of carbonyl (C=O) groups excluding carboxylic acids is 2. The van der Waals surface area contributed by atoms with Crippen molar-refractivity contribution in [3.8, 4) is 39.6 Å². The van der Waals surface area contributed by atoms with Crippen molar-refractivity contribution in [2.24, 2.45) is 5.73 Å². The van der Waals surface area contributed by atoms with Gasteiger partial charge in [-0.25, -0.2) is 4.39 Å². The van der Waals surface area contributed by atoms with Crippen LogP contribution in [0.1, 0.15) is 35.7 Å². The number of nitrogens with zero attached hydrogens (tertiary/aromatic N) is 4. The highest BCUT2D eigenvalue weighted by Gasteiger charge is 2.22. The molecule has 4 aromatic rings. The zero-order valence-corrected chi connectivity index (χ0v) is 21.5. The van der Waals surface area contributed by atoms with Crippen LogP contribution in [0.15, 0.2) is 67.0 Å². The van der Waals surface area contributed by atoms with Crippen LogP contribution in [-0.4, -0.2) is 34.3 Å². The summed E-state index contributed by atoms with van der Waals surface area (Å²) in [6, 6.07) is 18.0. The number of primary amides is 1. The highest BCUT2D eigenvalue weighted by molar-refractivity contribution is 5.93. The molecule has 0 bridgehead atoms. The van der Waals surface area contributed by atoms with E-state index in [-0.39, 0.29) is 23.8 Å². The number of nitrogens with two attached hydrogens (primary N) is 1. The molecule has 0 saturated carbocycles. The third-order valence-electron chi connectivity index (χ3n) is 5.76. The van der Waals surface area contributed by atoms with Gasteiger partial charge in [0.2, 0.25) is 6.41 Å². The second-order valence-electron chi connectivity index (χ2n) is 8.89. The first-order chi connectivity index (χ1) is 18.1. The molecule has 0 aliphatic rings. The van der Waals surface area contributed by atoms with Crippen molar-refractivity contribution in [1.29, 1.82) is 5.26 Å². The van der Waals surface area contributed by atoms with E-state index < -0.39 is 5.41 Å². The minimum Gasteiger partial charge on any atom is -0.372 e. The Morgan fingerprint density at radius 2 is 1.66 bits per heavy atom. The molecule has 0 unspecified atom stereocenters. The highest BCUT2D eigenvalue weighted by atomic mass is 19.1.